The molecule has 0 spiro atoms. The van der Waals surface area contributed by atoms with Crippen LogP contribution in [0.5, 0.6) is 5.75 Å². The van der Waals surface area contributed by atoms with Crippen LogP contribution in [0.4, 0.5) is 0 Å². The van der Waals surface area contributed by atoms with Crippen molar-refractivity contribution in [1.82, 2.24) is 5.32 Å². The van der Waals surface area contributed by atoms with Crippen molar-refractivity contribution in [2.45, 2.75) is 38.6 Å². The van der Waals surface area contributed by atoms with Crippen LogP contribution in [0.3, 0.4) is 0 Å². The molecule has 3 heteroatoms. The van der Waals surface area contributed by atoms with Crippen molar-refractivity contribution in [3.05, 3.63) is 65.7 Å². The van der Waals surface area contributed by atoms with Crippen LogP contribution in [-0.4, -0.2) is 17.1 Å². The Bertz CT molecular complexity index is 666. The average Bonchev–Trinajstić information content (AvgIpc) is 2.90. The van der Waals surface area contributed by atoms with Gasteiger partial charge in [0, 0.05) is 6.04 Å². The molecule has 3 rings (SSSR count). The van der Waals surface area contributed by atoms with Crippen LogP contribution in [0.1, 0.15) is 30.9 Å². The lowest BCUT2D eigenvalue weighted by Crippen LogP contribution is -2.34. The molecule has 2 N–H and O–H groups in total. The fourth-order valence-electron chi connectivity index (χ4n) is 3.73. The van der Waals surface area contributed by atoms with E-state index < -0.39 is 0 Å². The van der Waals surface area contributed by atoms with Crippen LogP contribution in [0.15, 0.2) is 54.6 Å². The zero-order valence-corrected chi connectivity index (χ0v) is 14.1. The van der Waals surface area contributed by atoms with Gasteiger partial charge in [0.05, 0.1) is 6.42 Å². The number of hydrogen-bond acceptors (Lipinski definition) is 2. The minimum absolute atomic E-state index is 0.0678. The summed E-state index contributed by atoms with van der Waals surface area (Å²) in [5.41, 5.74) is 2.31. The molecule has 0 radical (unpaired) electrons. The molecule has 3 nitrogen and oxygen atoms in total. The van der Waals surface area contributed by atoms with E-state index in [4.69, 9.17) is 0 Å². The maximum absolute atomic E-state index is 12.3. The first-order valence-corrected chi connectivity index (χ1v) is 8.71. The highest BCUT2D eigenvalue weighted by Gasteiger charge is 2.31. The second-order valence-corrected chi connectivity index (χ2v) is 7.01. The van der Waals surface area contributed by atoms with Gasteiger partial charge in [-0.3, -0.25) is 4.79 Å². The number of benzene rings is 2. The van der Waals surface area contributed by atoms with Crippen molar-refractivity contribution in [2.24, 2.45) is 11.8 Å². The monoisotopic (exact) mass is 323 g/mol. The molecule has 0 bridgehead atoms. The van der Waals surface area contributed by atoms with E-state index in [1.165, 1.54) is 5.56 Å². The molecule has 0 saturated heterocycles. The van der Waals surface area contributed by atoms with Crippen LogP contribution in [-0.2, 0) is 17.6 Å². The van der Waals surface area contributed by atoms with E-state index in [9.17, 15) is 9.90 Å². The molecule has 0 aliphatic heterocycles. The Hall–Kier alpha value is -2.29. The highest BCUT2D eigenvalue weighted by molar-refractivity contribution is 5.78. The first kappa shape index (κ1) is 16.6. The lowest BCUT2D eigenvalue weighted by atomic mass is 9.91. The van der Waals surface area contributed by atoms with Gasteiger partial charge in [0.25, 0.3) is 0 Å². The van der Waals surface area contributed by atoms with Gasteiger partial charge in [0.1, 0.15) is 5.75 Å². The summed E-state index contributed by atoms with van der Waals surface area (Å²) in [6.07, 6.45) is 3.57. The Labute approximate surface area is 143 Å². The van der Waals surface area contributed by atoms with Crippen molar-refractivity contribution in [3.63, 3.8) is 0 Å². The second kappa shape index (κ2) is 7.52. The molecule has 1 aliphatic carbocycles. The average molecular weight is 323 g/mol. The molecule has 1 fully saturated rings. The number of amides is 1. The van der Waals surface area contributed by atoms with Crippen molar-refractivity contribution in [2.75, 3.05) is 0 Å². The van der Waals surface area contributed by atoms with Crippen LogP contribution in [0.25, 0.3) is 0 Å². The number of phenols is 1. The van der Waals surface area contributed by atoms with Gasteiger partial charge in [-0.15, -0.1) is 0 Å². The Morgan fingerprint density at radius 1 is 1.04 bits per heavy atom. The molecule has 1 saturated carbocycles. The number of phenolic OH excluding ortho intramolecular Hbond substituents is 1. The summed E-state index contributed by atoms with van der Waals surface area (Å²) in [6.45, 7) is 2.29. The third-order valence-electron chi connectivity index (χ3n) is 5.06. The molecule has 2 aromatic rings. The second-order valence-electron chi connectivity index (χ2n) is 7.01. The minimum Gasteiger partial charge on any atom is -0.508 e. The van der Waals surface area contributed by atoms with E-state index in [0.29, 0.717) is 18.3 Å². The SMILES string of the molecule is C[C@@H]1C[C@H](NC(=O)Cc2ccc(O)cc2)CC1Cc1ccccc1. The van der Waals surface area contributed by atoms with Gasteiger partial charge in [0.2, 0.25) is 5.91 Å². The van der Waals surface area contributed by atoms with E-state index in [0.717, 1.165) is 24.8 Å². The van der Waals surface area contributed by atoms with Gasteiger partial charge < -0.3 is 10.4 Å². The first-order valence-electron chi connectivity index (χ1n) is 8.71. The third kappa shape index (κ3) is 4.38. The van der Waals surface area contributed by atoms with Crippen LogP contribution >= 0.6 is 0 Å². The van der Waals surface area contributed by atoms with Gasteiger partial charge in [-0.2, -0.15) is 0 Å². The number of carbonyl (C=O) groups is 1. The van der Waals surface area contributed by atoms with Crippen LogP contribution in [0, 0.1) is 11.8 Å². The zero-order chi connectivity index (χ0) is 16.9. The van der Waals surface area contributed by atoms with Gasteiger partial charge in [-0.25, -0.2) is 0 Å². The lowest BCUT2D eigenvalue weighted by molar-refractivity contribution is -0.121. The number of rotatable bonds is 5. The summed E-state index contributed by atoms with van der Waals surface area (Å²) in [4.78, 5) is 12.3. The van der Waals surface area contributed by atoms with Crippen molar-refractivity contribution in [3.8, 4) is 5.75 Å². The fourth-order valence-corrected chi connectivity index (χ4v) is 3.73. The van der Waals surface area contributed by atoms with E-state index in [-0.39, 0.29) is 17.7 Å². The van der Waals surface area contributed by atoms with Gasteiger partial charge in [-0.05, 0) is 54.4 Å². The topological polar surface area (TPSA) is 49.3 Å². The van der Waals surface area contributed by atoms with Gasteiger partial charge >= 0.3 is 0 Å². The summed E-state index contributed by atoms with van der Waals surface area (Å²) < 4.78 is 0. The molecule has 1 amide bonds. The summed E-state index contributed by atoms with van der Waals surface area (Å²) in [7, 11) is 0. The number of aromatic hydroxyl groups is 1. The normalized spacial score (nSPS) is 23.1. The Balaban J connectivity index is 1.51. The molecule has 3 atom stereocenters. The molecule has 1 unspecified atom stereocenters. The van der Waals surface area contributed by atoms with Crippen molar-refractivity contribution >= 4 is 5.91 Å². The smallest absolute Gasteiger partial charge is 0.224 e. The maximum Gasteiger partial charge on any atom is 0.224 e. The lowest BCUT2D eigenvalue weighted by Gasteiger charge is -2.15. The van der Waals surface area contributed by atoms with Crippen molar-refractivity contribution in [1.29, 1.82) is 0 Å². The summed E-state index contributed by atoms with van der Waals surface area (Å²) >= 11 is 0. The number of carbonyl (C=O) groups excluding carboxylic acids is 1. The summed E-state index contributed by atoms with van der Waals surface area (Å²) in [5, 5.41) is 12.5. The Morgan fingerprint density at radius 3 is 2.46 bits per heavy atom. The number of nitrogens with one attached hydrogen (secondary N) is 1. The molecule has 0 heterocycles. The Morgan fingerprint density at radius 2 is 1.75 bits per heavy atom. The fraction of sp³-hybridized carbons (Fsp3) is 0.381. The molecule has 2 aromatic carbocycles. The van der Waals surface area contributed by atoms with E-state index in [2.05, 4.69) is 36.5 Å². The van der Waals surface area contributed by atoms with Crippen LogP contribution < -0.4 is 5.32 Å². The van der Waals surface area contributed by atoms with E-state index >= 15 is 0 Å². The predicted octanol–water partition coefficient (Wildman–Crippen LogP) is 3.71. The summed E-state index contributed by atoms with van der Waals surface area (Å²) in [5.74, 6) is 1.56. The first-order chi connectivity index (χ1) is 11.6. The molecular formula is C21H25NO2. The highest BCUT2D eigenvalue weighted by atomic mass is 16.3. The van der Waals surface area contributed by atoms with Crippen LogP contribution in [0.2, 0.25) is 0 Å². The molecule has 1 aliphatic rings. The van der Waals surface area contributed by atoms with Gasteiger partial charge in [-0.1, -0.05) is 49.4 Å². The predicted molar refractivity (Wildman–Crippen MR) is 95.8 cm³/mol. The molecule has 0 aromatic heterocycles. The summed E-state index contributed by atoms with van der Waals surface area (Å²) in [6, 6.07) is 17.7. The maximum atomic E-state index is 12.3. The third-order valence-corrected chi connectivity index (χ3v) is 5.06. The quantitative estimate of drug-likeness (QED) is 0.881. The van der Waals surface area contributed by atoms with Gasteiger partial charge in [0.15, 0.2) is 0 Å². The largest absolute Gasteiger partial charge is 0.508 e. The number of hydrogen-bond donors (Lipinski definition) is 2. The van der Waals surface area contributed by atoms with Crippen molar-refractivity contribution < 1.29 is 9.90 Å². The highest BCUT2D eigenvalue weighted by Crippen LogP contribution is 2.34. The van der Waals surface area contributed by atoms with E-state index in [1.807, 2.05) is 6.07 Å². The molecule has 126 valence electrons. The van der Waals surface area contributed by atoms with E-state index in [1.54, 1.807) is 24.3 Å². The minimum atomic E-state index is 0.0678. The zero-order valence-electron chi connectivity index (χ0n) is 14.1. The Kier molecular flexibility index (Phi) is 5.19. The molecular weight excluding hydrogens is 298 g/mol. The molecule has 24 heavy (non-hydrogen) atoms. The standard InChI is InChI=1S/C21H25NO2/c1-15-11-19(14-18(15)12-16-5-3-2-4-6-16)22-21(24)13-17-7-9-20(23)10-8-17/h2-10,15,18-19,23H,11-14H2,1H3,(H,22,24)/t15-,18?,19+/m1/s1.